The van der Waals surface area contributed by atoms with Gasteiger partial charge in [0.1, 0.15) is 0 Å². The third-order valence-electron chi connectivity index (χ3n) is 6.35. The van der Waals surface area contributed by atoms with Crippen molar-refractivity contribution in [2.24, 2.45) is 17.8 Å². The quantitative estimate of drug-likeness (QED) is 0.811. The highest BCUT2D eigenvalue weighted by molar-refractivity contribution is 5.35. The Balaban J connectivity index is 1.60. The van der Waals surface area contributed by atoms with Crippen LogP contribution in [0.4, 0.5) is 0 Å². The third-order valence-corrected chi connectivity index (χ3v) is 6.35. The highest BCUT2D eigenvalue weighted by Crippen LogP contribution is 2.60. The fourth-order valence-corrected chi connectivity index (χ4v) is 6.06. The number of rotatable bonds is 1. The maximum Gasteiger partial charge on any atom is 0.0731 e. The van der Waals surface area contributed by atoms with Crippen molar-refractivity contribution >= 4 is 0 Å². The molecule has 4 aliphatic carbocycles. The first-order valence-electron chi connectivity index (χ1n) is 8.10. The van der Waals surface area contributed by atoms with Crippen LogP contribution in [0.2, 0.25) is 0 Å². The number of hydrogen-bond acceptors (Lipinski definition) is 2. The van der Waals surface area contributed by atoms with Crippen LogP contribution >= 0.6 is 0 Å². The van der Waals surface area contributed by atoms with Gasteiger partial charge in [0.15, 0.2) is 0 Å². The molecule has 0 amide bonds. The molecule has 1 aromatic heterocycles. The number of fused-ring (bicyclic) bond motifs is 1. The molecule has 0 unspecified atom stereocenters. The van der Waals surface area contributed by atoms with E-state index >= 15 is 0 Å². The standard InChI is InChI=1S/C16H23N3/c1-2-17-9-13-14(1)18-19-15(13)16-6-10-3-11(7-16)5-12(4-10)8-16/h10-12,17H,1-9H2,(H,18,19). The van der Waals surface area contributed by atoms with E-state index in [1.54, 1.807) is 0 Å². The topological polar surface area (TPSA) is 40.7 Å². The van der Waals surface area contributed by atoms with Gasteiger partial charge in [-0.25, -0.2) is 0 Å². The Labute approximate surface area is 114 Å². The highest BCUT2D eigenvalue weighted by Gasteiger charge is 2.53. The summed E-state index contributed by atoms with van der Waals surface area (Å²) < 4.78 is 0. The molecule has 2 N–H and O–H groups in total. The Morgan fingerprint density at radius 1 is 1.00 bits per heavy atom. The molecule has 0 atom stereocenters. The number of hydrogen-bond donors (Lipinski definition) is 2. The van der Waals surface area contributed by atoms with E-state index in [9.17, 15) is 0 Å². The second kappa shape index (κ2) is 3.63. The van der Waals surface area contributed by atoms with Gasteiger partial charge in [-0.2, -0.15) is 5.10 Å². The van der Waals surface area contributed by atoms with Gasteiger partial charge in [0, 0.05) is 36.2 Å². The lowest BCUT2D eigenvalue weighted by Gasteiger charge is -2.56. The zero-order valence-corrected chi connectivity index (χ0v) is 11.5. The smallest absolute Gasteiger partial charge is 0.0731 e. The van der Waals surface area contributed by atoms with Crippen LogP contribution in [0.5, 0.6) is 0 Å². The predicted octanol–water partition coefficient (Wildman–Crippen LogP) is 2.52. The fourth-order valence-electron chi connectivity index (χ4n) is 6.06. The largest absolute Gasteiger partial charge is 0.312 e. The Bertz CT molecular complexity index is 481. The van der Waals surface area contributed by atoms with Crippen LogP contribution in [0.3, 0.4) is 0 Å². The number of aromatic amines is 1. The van der Waals surface area contributed by atoms with Gasteiger partial charge >= 0.3 is 0 Å². The lowest BCUT2D eigenvalue weighted by molar-refractivity contribution is -0.00767. The monoisotopic (exact) mass is 257 g/mol. The Kier molecular flexibility index (Phi) is 2.08. The SMILES string of the molecule is C1Cc2[nH]nc(C34CC5CC(CC(C5)C3)C4)c2CN1. The van der Waals surface area contributed by atoms with E-state index in [4.69, 9.17) is 5.10 Å². The van der Waals surface area contributed by atoms with Crippen LogP contribution in [0.1, 0.15) is 55.5 Å². The van der Waals surface area contributed by atoms with Crippen LogP contribution < -0.4 is 5.32 Å². The minimum absolute atomic E-state index is 0.456. The molecule has 0 aromatic carbocycles. The summed E-state index contributed by atoms with van der Waals surface area (Å²) in [6.07, 6.45) is 9.97. The fraction of sp³-hybridized carbons (Fsp3) is 0.812. The summed E-state index contributed by atoms with van der Waals surface area (Å²) in [5.41, 5.74) is 4.88. The molecule has 4 saturated carbocycles. The first kappa shape index (κ1) is 10.9. The molecule has 3 heteroatoms. The molecule has 1 aromatic rings. The van der Waals surface area contributed by atoms with E-state index in [-0.39, 0.29) is 0 Å². The summed E-state index contributed by atoms with van der Waals surface area (Å²) in [5, 5.41) is 11.7. The minimum atomic E-state index is 0.456. The summed E-state index contributed by atoms with van der Waals surface area (Å²) in [4.78, 5) is 0. The third kappa shape index (κ3) is 1.45. The average Bonchev–Trinajstić information content (AvgIpc) is 2.81. The van der Waals surface area contributed by atoms with Crippen molar-refractivity contribution in [3.8, 4) is 0 Å². The molecule has 102 valence electrons. The van der Waals surface area contributed by atoms with E-state index in [1.165, 1.54) is 55.5 Å². The van der Waals surface area contributed by atoms with Crippen LogP contribution in [0.25, 0.3) is 0 Å². The van der Waals surface area contributed by atoms with Crippen molar-refractivity contribution in [2.45, 2.75) is 56.9 Å². The first-order valence-corrected chi connectivity index (χ1v) is 8.10. The molecule has 0 saturated heterocycles. The van der Waals surface area contributed by atoms with E-state index < -0.39 is 0 Å². The molecular weight excluding hydrogens is 234 g/mol. The zero-order valence-electron chi connectivity index (χ0n) is 11.5. The van der Waals surface area contributed by atoms with Crippen molar-refractivity contribution in [3.05, 3.63) is 17.0 Å². The van der Waals surface area contributed by atoms with Gasteiger partial charge in [0.05, 0.1) is 5.69 Å². The number of aromatic nitrogens is 2. The molecule has 19 heavy (non-hydrogen) atoms. The van der Waals surface area contributed by atoms with E-state index in [2.05, 4.69) is 10.4 Å². The van der Waals surface area contributed by atoms with Crippen molar-refractivity contribution in [2.75, 3.05) is 6.54 Å². The summed E-state index contributed by atoms with van der Waals surface area (Å²) >= 11 is 0. The summed E-state index contributed by atoms with van der Waals surface area (Å²) in [7, 11) is 0. The van der Waals surface area contributed by atoms with Crippen molar-refractivity contribution in [1.82, 2.24) is 15.5 Å². The van der Waals surface area contributed by atoms with Gasteiger partial charge in [-0.15, -0.1) is 0 Å². The maximum absolute atomic E-state index is 4.82. The van der Waals surface area contributed by atoms with Crippen LogP contribution in [0.15, 0.2) is 0 Å². The average molecular weight is 257 g/mol. The van der Waals surface area contributed by atoms with Gasteiger partial charge in [-0.3, -0.25) is 5.10 Å². The molecule has 3 nitrogen and oxygen atoms in total. The second-order valence-corrected chi connectivity index (χ2v) is 7.65. The Hall–Kier alpha value is -0.830. The minimum Gasteiger partial charge on any atom is -0.312 e. The van der Waals surface area contributed by atoms with Crippen molar-refractivity contribution in [3.63, 3.8) is 0 Å². The van der Waals surface area contributed by atoms with Gasteiger partial charge in [0.2, 0.25) is 0 Å². The lowest BCUT2D eigenvalue weighted by atomic mass is 9.48. The van der Waals surface area contributed by atoms with Crippen molar-refractivity contribution < 1.29 is 0 Å². The first-order chi connectivity index (χ1) is 9.32. The molecule has 4 fully saturated rings. The molecular formula is C16H23N3. The molecule has 2 heterocycles. The van der Waals surface area contributed by atoms with Crippen LogP contribution in [0, 0.1) is 17.8 Å². The molecule has 1 aliphatic heterocycles. The molecule has 5 aliphatic rings. The number of nitrogens with zero attached hydrogens (tertiary/aromatic N) is 1. The van der Waals surface area contributed by atoms with E-state index in [1.807, 2.05) is 0 Å². The lowest BCUT2D eigenvalue weighted by Crippen LogP contribution is -2.49. The number of H-pyrrole nitrogens is 1. The van der Waals surface area contributed by atoms with Gasteiger partial charge < -0.3 is 5.32 Å². The number of nitrogens with one attached hydrogen (secondary N) is 2. The predicted molar refractivity (Wildman–Crippen MR) is 73.8 cm³/mol. The Morgan fingerprint density at radius 2 is 1.68 bits per heavy atom. The molecule has 0 radical (unpaired) electrons. The van der Waals surface area contributed by atoms with E-state index in [0.717, 1.165) is 37.3 Å². The van der Waals surface area contributed by atoms with Crippen LogP contribution in [-0.4, -0.2) is 16.7 Å². The molecule has 6 rings (SSSR count). The van der Waals surface area contributed by atoms with Gasteiger partial charge in [-0.05, 0) is 56.3 Å². The summed E-state index contributed by atoms with van der Waals surface area (Å²) in [5.74, 6) is 3.03. The van der Waals surface area contributed by atoms with Gasteiger partial charge in [0.25, 0.3) is 0 Å². The van der Waals surface area contributed by atoms with Gasteiger partial charge in [-0.1, -0.05) is 0 Å². The summed E-state index contributed by atoms with van der Waals surface area (Å²) in [6.45, 7) is 2.15. The summed E-state index contributed by atoms with van der Waals surface area (Å²) in [6, 6.07) is 0. The van der Waals surface area contributed by atoms with E-state index in [0.29, 0.717) is 5.41 Å². The normalized spacial score (nSPS) is 43.5. The second-order valence-electron chi connectivity index (χ2n) is 7.65. The van der Waals surface area contributed by atoms with Crippen molar-refractivity contribution in [1.29, 1.82) is 0 Å². The zero-order chi connectivity index (χ0) is 12.4. The molecule has 0 spiro atoms. The highest BCUT2D eigenvalue weighted by atomic mass is 15.1. The molecule has 4 bridgehead atoms. The Morgan fingerprint density at radius 3 is 2.37 bits per heavy atom. The van der Waals surface area contributed by atoms with Crippen LogP contribution in [-0.2, 0) is 18.4 Å². The maximum atomic E-state index is 4.82.